The Balaban J connectivity index is 0.000000178. The molecule has 16 nitrogen and oxygen atoms in total. The first-order valence-corrected chi connectivity index (χ1v) is 22.7. The van der Waals surface area contributed by atoms with Crippen LogP contribution in [0.3, 0.4) is 0 Å². The number of hydrogen-bond acceptors (Lipinski definition) is 12. The molecule has 2 aromatic carbocycles. The molecule has 0 atom stereocenters. The molecule has 0 unspecified atom stereocenters. The van der Waals surface area contributed by atoms with Gasteiger partial charge in [-0.05, 0) is 63.1 Å². The van der Waals surface area contributed by atoms with Gasteiger partial charge in [0.15, 0.2) is 11.6 Å². The zero-order valence-corrected chi connectivity index (χ0v) is 39.1. The van der Waals surface area contributed by atoms with Gasteiger partial charge in [-0.3, -0.25) is 24.1 Å². The molecule has 2 fully saturated rings. The molecule has 5 N–H and O–H groups in total. The minimum absolute atomic E-state index is 0.139. The Morgan fingerprint density at radius 3 is 1.52 bits per heavy atom. The van der Waals surface area contributed by atoms with Gasteiger partial charge in [-0.1, -0.05) is 41.9 Å². The summed E-state index contributed by atoms with van der Waals surface area (Å²) in [6, 6.07) is 14.3. The van der Waals surface area contributed by atoms with Gasteiger partial charge in [0.2, 0.25) is 0 Å². The number of hydrogen-bond donors (Lipinski definition) is 5. The van der Waals surface area contributed by atoms with E-state index in [0.29, 0.717) is 69.7 Å². The number of aromatic amines is 2. The second kappa shape index (κ2) is 22.1. The molecular weight excluding hydrogens is 902 g/mol. The number of alkyl halides is 1. The average Bonchev–Trinajstić information content (AvgIpc) is 3.33. The van der Waals surface area contributed by atoms with Gasteiger partial charge in [0.1, 0.15) is 33.8 Å². The number of piperazine rings is 2. The van der Waals surface area contributed by atoms with Crippen LogP contribution >= 0.6 is 15.9 Å². The number of nitrogens with zero attached hydrogens (tertiary/aromatic N) is 7. The first kappa shape index (κ1) is 48.3. The fraction of sp³-hybridized carbons (Fsp3) is 0.391. The van der Waals surface area contributed by atoms with E-state index in [4.69, 9.17) is 0 Å². The van der Waals surface area contributed by atoms with Gasteiger partial charge in [0, 0.05) is 89.5 Å². The van der Waals surface area contributed by atoms with Crippen LogP contribution in [0.4, 0.5) is 20.2 Å². The van der Waals surface area contributed by atoms with E-state index in [-0.39, 0.29) is 34.0 Å². The molecule has 0 radical (unpaired) electrons. The molecule has 4 aromatic heterocycles. The first-order chi connectivity index (χ1) is 31.3. The lowest BCUT2D eigenvalue weighted by atomic mass is 10.1. The Labute approximate surface area is 383 Å². The monoisotopic (exact) mass is 956 g/mol. The van der Waals surface area contributed by atoms with E-state index in [2.05, 4.69) is 76.5 Å². The van der Waals surface area contributed by atoms with E-state index in [9.17, 15) is 23.6 Å². The number of pyridine rings is 2. The number of aromatic nitrogens is 6. The zero-order valence-electron chi connectivity index (χ0n) is 37.5. The van der Waals surface area contributed by atoms with Gasteiger partial charge >= 0.3 is 0 Å². The van der Waals surface area contributed by atoms with Crippen LogP contribution in [0.1, 0.15) is 68.7 Å². The molecule has 2 saturated heterocycles. The van der Waals surface area contributed by atoms with Crippen LogP contribution in [0.2, 0.25) is 0 Å². The smallest absolute Gasteiger partial charge is 0.270 e. The van der Waals surface area contributed by atoms with Crippen LogP contribution in [0.5, 0.6) is 0 Å². The maximum Gasteiger partial charge on any atom is 0.270 e. The molecular formula is C46H55BrF2N12O4. The van der Waals surface area contributed by atoms with Crippen molar-refractivity contribution in [2.24, 2.45) is 0 Å². The van der Waals surface area contributed by atoms with Crippen molar-refractivity contribution in [1.29, 1.82) is 0 Å². The minimum Gasteiger partial charge on any atom is -0.368 e. The molecule has 0 spiro atoms. The van der Waals surface area contributed by atoms with Crippen molar-refractivity contribution in [2.75, 3.05) is 76.3 Å². The average molecular weight is 958 g/mol. The quantitative estimate of drug-likeness (QED) is 0.126. The topological polar surface area (TPSA) is 197 Å². The highest BCUT2D eigenvalue weighted by atomic mass is 79.9. The van der Waals surface area contributed by atoms with Crippen molar-refractivity contribution in [3.05, 3.63) is 126 Å². The van der Waals surface area contributed by atoms with Crippen LogP contribution in [0.15, 0.2) is 58.1 Å². The van der Waals surface area contributed by atoms with Gasteiger partial charge in [-0.25, -0.2) is 28.7 Å². The van der Waals surface area contributed by atoms with Crippen molar-refractivity contribution in [2.45, 2.75) is 52.4 Å². The maximum absolute atomic E-state index is 15.1. The zero-order chi connectivity index (χ0) is 46.8. The van der Waals surface area contributed by atoms with Crippen molar-refractivity contribution < 1.29 is 18.4 Å². The fourth-order valence-corrected chi connectivity index (χ4v) is 8.12. The Kier molecular flexibility index (Phi) is 16.4. The summed E-state index contributed by atoms with van der Waals surface area (Å²) in [6.07, 6.45) is 1.04. The largest absolute Gasteiger partial charge is 0.368 e. The van der Waals surface area contributed by atoms with Crippen LogP contribution in [-0.4, -0.2) is 113 Å². The Hall–Kier alpha value is -6.18. The molecule has 0 aliphatic carbocycles. The number of halogens is 3. The SMILES string of the molecule is CCc1nc2ccc(CBr)c(F)c2[nH]c1=O.CCc1nc2ccc(CN3CCN(c4ccc(C(=O)NC)nc4C)CC3)c(F)c2[nH]c1=O.CNC(=O)c1ccc(N2CCNCC2)c(C)n1. The van der Waals surface area contributed by atoms with Crippen LogP contribution < -0.4 is 36.9 Å². The van der Waals surface area contributed by atoms with Gasteiger partial charge in [0.05, 0.1) is 33.8 Å². The number of nitrogens with one attached hydrogen (secondary N) is 5. The van der Waals surface area contributed by atoms with E-state index < -0.39 is 11.6 Å². The van der Waals surface area contributed by atoms with E-state index in [1.165, 1.54) is 0 Å². The normalized spacial score (nSPS) is 14.0. The number of rotatable bonds is 9. The third kappa shape index (κ3) is 11.4. The molecule has 8 rings (SSSR count). The summed E-state index contributed by atoms with van der Waals surface area (Å²) < 4.78 is 28.9. The second-order valence-corrected chi connectivity index (χ2v) is 16.1. The summed E-state index contributed by atoms with van der Waals surface area (Å²) in [5, 5.41) is 8.89. The summed E-state index contributed by atoms with van der Waals surface area (Å²) in [6.45, 7) is 15.0. The molecule has 2 amide bonds. The highest BCUT2D eigenvalue weighted by Crippen LogP contribution is 2.24. The van der Waals surface area contributed by atoms with E-state index >= 15 is 4.39 Å². The second-order valence-electron chi connectivity index (χ2n) is 15.5. The molecule has 0 bridgehead atoms. The number of aryl methyl sites for hydroxylation is 4. The van der Waals surface area contributed by atoms with Crippen LogP contribution in [0.25, 0.3) is 22.1 Å². The predicted molar refractivity (Wildman–Crippen MR) is 253 cm³/mol. The standard InChI is InChI=1S/C23H27FN6O2.C12H18N4O.C11H10BrFN2O/c1-4-16-23(32)28-21-17(27-16)6-5-15(20(21)24)13-29-9-11-30(12-10-29)19-8-7-18(22(31)25-3)26-14(19)2;1-9-11(16-7-5-14-6-8-16)4-3-10(15-9)12(17)13-2;1-2-7-11(16)15-10-8(14-7)4-3-6(5-12)9(10)13/h5-8H,4,9-13H2,1-3H3,(H,25,31)(H,28,32);3-4,14H,5-8H2,1-2H3,(H,13,17);3-4H,2,5H2,1H3,(H,15,16). The molecule has 2 aliphatic heterocycles. The third-order valence-corrected chi connectivity index (χ3v) is 11.9. The highest BCUT2D eigenvalue weighted by molar-refractivity contribution is 9.08. The molecule has 6 heterocycles. The summed E-state index contributed by atoms with van der Waals surface area (Å²) in [5.41, 5.74) is 7.26. The summed E-state index contributed by atoms with van der Waals surface area (Å²) in [7, 11) is 3.20. The van der Waals surface area contributed by atoms with Crippen molar-refractivity contribution in [3.63, 3.8) is 0 Å². The molecule has 6 aromatic rings. The number of H-pyrrole nitrogens is 2. The predicted octanol–water partition coefficient (Wildman–Crippen LogP) is 4.69. The third-order valence-electron chi connectivity index (χ3n) is 11.3. The van der Waals surface area contributed by atoms with Gasteiger partial charge in [-0.15, -0.1) is 0 Å². The number of carbonyl (C=O) groups is 2. The fourth-order valence-electron chi connectivity index (χ4n) is 7.69. The highest BCUT2D eigenvalue weighted by Gasteiger charge is 2.22. The van der Waals surface area contributed by atoms with E-state index in [1.54, 1.807) is 50.5 Å². The Morgan fingerprint density at radius 2 is 1.09 bits per heavy atom. The van der Waals surface area contributed by atoms with E-state index in [1.807, 2.05) is 39.8 Å². The molecule has 0 saturated carbocycles. The summed E-state index contributed by atoms with van der Waals surface area (Å²) in [5.74, 6) is -1.17. The van der Waals surface area contributed by atoms with Gasteiger partial charge in [-0.2, -0.15) is 0 Å². The van der Waals surface area contributed by atoms with Crippen molar-refractivity contribution in [1.82, 2.24) is 50.8 Å². The molecule has 19 heteroatoms. The number of amides is 2. The van der Waals surface area contributed by atoms with E-state index in [0.717, 1.165) is 75.1 Å². The lowest BCUT2D eigenvalue weighted by Gasteiger charge is -2.36. The summed E-state index contributed by atoms with van der Waals surface area (Å²) in [4.78, 5) is 75.9. The van der Waals surface area contributed by atoms with Crippen LogP contribution in [0, 0.1) is 25.5 Å². The lowest BCUT2D eigenvalue weighted by Crippen LogP contribution is -2.46. The van der Waals surface area contributed by atoms with Gasteiger partial charge in [0.25, 0.3) is 22.9 Å². The molecule has 65 heavy (non-hydrogen) atoms. The van der Waals surface area contributed by atoms with Crippen molar-refractivity contribution >= 4 is 61.2 Å². The number of carbonyl (C=O) groups excluding carboxylic acids is 2. The number of benzene rings is 2. The van der Waals surface area contributed by atoms with Crippen LogP contribution in [-0.2, 0) is 24.7 Å². The lowest BCUT2D eigenvalue weighted by molar-refractivity contribution is 0.0950. The minimum atomic E-state index is -0.415. The number of anilines is 2. The summed E-state index contributed by atoms with van der Waals surface area (Å²) >= 11 is 3.19. The van der Waals surface area contributed by atoms with Gasteiger partial charge < -0.3 is 35.7 Å². The molecule has 2 aliphatic rings. The molecule has 344 valence electrons. The first-order valence-electron chi connectivity index (χ1n) is 21.6. The maximum atomic E-state index is 15.1. The van der Waals surface area contributed by atoms with Crippen molar-refractivity contribution in [3.8, 4) is 0 Å². The number of fused-ring (bicyclic) bond motifs is 2. The Bertz CT molecular complexity index is 2790. The Morgan fingerprint density at radius 1 is 0.646 bits per heavy atom.